The number of alkyl halides is 1. The van der Waals surface area contributed by atoms with Gasteiger partial charge in [-0.25, -0.2) is 8.42 Å². The van der Waals surface area contributed by atoms with Crippen molar-refractivity contribution in [1.82, 2.24) is 0 Å². The average Bonchev–Trinajstić information content (AvgIpc) is 2.54. The van der Waals surface area contributed by atoms with Crippen LogP contribution in [0, 0.1) is 13.8 Å². The fraction of sp³-hybridized carbons (Fsp3) is 0.333. The number of sulfonamides is 1. The second kappa shape index (κ2) is 6.28. The standard InChI is InChI=1S/C18H20ClNO2S2/c1-13-4-7-15(8-5-13)24(21,22)20-12-18(3,11-19)23-17-10-14(2)6-9-16(17)20/h4-10H,11-12H2,1-3H3/t18-/m1/s1. The van der Waals surface area contributed by atoms with Crippen LogP contribution in [-0.4, -0.2) is 25.6 Å². The Kier molecular flexibility index (Phi) is 4.62. The van der Waals surface area contributed by atoms with E-state index in [4.69, 9.17) is 11.6 Å². The lowest BCUT2D eigenvalue weighted by Crippen LogP contribution is -2.46. The monoisotopic (exact) mass is 381 g/mol. The van der Waals surface area contributed by atoms with Gasteiger partial charge in [0.25, 0.3) is 10.0 Å². The van der Waals surface area contributed by atoms with Crippen molar-refractivity contribution >= 4 is 39.1 Å². The molecule has 24 heavy (non-hydrogen) atoms. The summed E-state index contributed by atoms with van der Waals surface area (Å²) in [5.41, 5.74) is 2.87. The molecule has 128 valence electrons. The molecule has 1 heterocycles. The molecule has 2 aromatic rings. The first-order chi connectivity index (χ1) is 11.2. The second-order valence-electron chi connectivity index (χ2n) is 6.48. The van der Waals surface area contributed by atoms with Gasteiger partial charge in [-0.1, -0.05) is 23.8 Å². The van der Waals surface area contributed by atoms with Gasteiger partial charge in [0.2, 0.25) is 0 Å². The summed E-state index contributed by atoms with van der Waals surface area (Å²) in [6.07, 6.45) is 0. The van der Waals surface area contributed by atoms with Gasteiger partial charge < -0.3 is 0 Å². The Morgan fingerprint density at radius 3 is 2.38 bits per heavy atom. The van der Waals surface area contributed by atoms with Gasteiger partial charge in [-0.2, -0.15) is 0 Å². The van der Waals surface area contributed by atoms with Crippen molar-refractivity contribution in [1.29, 1.82) is 0 Å². The predicted molar refractivity (Wildman–Crippen MR) is 102 cm³/mol. The summed E-state index contributed by atoms with van der Waals surface area (Å²) in [7, 11) is -3.62. The minimum absolute atomic E-state index is 0.309. The molecule has 1 aliphatic heterocycles. The van der Waals surface area contributed by atoms with E-state index in [2.05, 4.69) is 0 Å². The number of hydrogen-bond acceptors (Lipinski definition) is 3. The van der Waals surface area contributed by atoms with Crippen molar-refractivity contribution in [3.05, 3.63) is 53.6 Å². The van der Waals surface area contributed by atoms with Crippen LogP contribution in [-0.2, 0) is 10.0 Å². The van der Waals surface area contributed by atoms with Gasteiger partial charge in [-0.3, -0.25) is 4.31 Å². The fourth-order valence-electron chi connectivity index (χ4n) is 2.72. The maximum Gasteiger partial charge on any atom is 0.264 e. The molecular formula is C18H20ClNO2S2. The summed E-state index contributed by atoms with van der Waals surface area (Å²) in [6.45, 7) is 6.31. The van der Waals surface area contributed by atoms with Crippen molar-refractivity contribution in [3.8, 4) is 0 Å². The van der Waals surface area contributed by atoms with Crippen LogP contribution in [0.3, 0.4) is 0 Å². The molecule has 3 rings (SSSR count). The molecule has 0 unspecified atom stereocenters. The molecule has 0 amide bonds. The van der Waals surface area contributed by atoms with Crippen LogP contribution in [0.5, 0.6) is 0 Å². The lowest BCUT2D eigenvalue weighted by atomic mass is 10.1. The SMILES string of the molecule is Cc1ccc(S(=O)(=O)N2C[C@@](C)(CCl)Sc3cc(C)ccc32)cc1. The second-order valence-corrected chi connectivity index (χ2v) is 10.2. The van der Waals surface area contributed by atoms with Crippen LogP contribution < -0.4 is 4.31 Å². The number of anilines is 1. The molecule has 0 aromatic heterocycles. The third-order valence-electron chi connectivity index (χ3n) is 4.11. The Bertz CT molecular complexity index is 865. The first-order valence-electron chi connectivity index (χ1n) is 7.70. The van der Waals surface area contributed by atoms with Gasteiger partial charge in [0.15, 0.2) is 0 Å². The molecule has 0 saturated carbocycles. The minimum atomic E-state index is -3.62. The molecule has 1 atom stereocenters. The van der Waals surface area contributed by atoms with Gasteiger partial charge in [0.05, 0.1) is 21.9 Å². The Labute approximate surface area is 153 Å². The molecule has 0 saturated heterocycles. The zero-order valence-electron chi connectivity index (χ0n) is 13.9. The van der Waals surface area contributed by atoms with Gasteiger partial charge in [0.1, 0.15) is 0 Å². The first kappa shape index (κ1) is 17.6. The lowest BCUT2D eigenvalue weighted by molar-refractivity contribution is 0.582. The third-order valence-corrected chi connectivity index (χ3v) is 7.95. The zero-order chi connectivity index (χ0) is 17.5. The van der Waals surface area contributed by atoms with Gasteiger partial charge in [0, 0.05) is 10.8 Å². The normalized spacial score (nSPS) is 20.8. The molecule has 0 radical (unpaired) electrons. The third kappa shape index (κ3) is 3.17. The predicted octanol–water partition coefficient (Wildman–Crippen LogP) is 4.60. The highest BCUT2D eigenvalue weighted by atomic mass is 35.5. The molecule has 0 aliphatic carbocycles. The zero-order valence-corrected chi connectivity index (χ0v) is 16.3. The van der Waals surface area contributed by atoms with Crippen LogP contribution in [0.25, 0.3) is 0 Å². The molecule has 6 heteroatoms. The number of nitrogens with zero attached hydrogens (tertiary/aromatic N) is 1. The Hall–Kier alpha value is -1.17. The van der Waals surface area contributed by atoms with E-state index < -0.39 is 10.0 Å². The van der Waals surface area contributed by atoms with Crippen molar-refractivity contribution in [2.45, 2.75) is 35.3 Å². The summed E-state index contributed by atoms with van der Waals surface area (Å²) in [5, 5.41) is 0. The number of fused-ring (bicyclic) bond motifs is 1. The summed E-state index contributed by atoms with van der Waals surface area (Å²) in [6, 6.07) is 12.8. The van der Waals surface area contributed by atoms with E-state index in [9.17, 15) is 8.42 Å². The maximum absolute atomic E-state index is 13.2. The van der Waals surface area contributed by atoms with Crippen LogP contribution in [0.2, 0.25) is 0 Å². The largest absolute Gasteiger partial charge is 0.264 e. The van der Waals surface area contributed by atoms with E-state index in [-0.39, 0.29) is 4.75 Å². The Morgan fingerprint density at radius 1 is 1.12 bits per heavy atom. The fourth-order valence-corrected chi connectivity index (χ4v) is 6.02. The molecular weight excluding hydrogens is 362 g/mol. The van der Waals surface area contributed by atoms with Crippen molar-refractivity contribution < 1.29 is 8.42 Å². The molecule has 2 aromatic carbocycles. The van der Waals surface area contributed by atoms with Gasteiger partial charge in [-0.05, 0) is 50.6 Å². The topological polar surface area (TPSA) is 37.4 Å². The molecule has 0 fully saturated rings. The number of halogens is 1. The molecule has 0 bridgehead atoms. The highest BCUT2D eigenvalue weighted by Crippen LogP contribution is 2.47. The number of hydrogen-bond donors (Lipinski definition) is 0. The van der Waals surface area contributed by atoms with E-state index in [1.165, 1.54) is 4.31 Å². The highest BCUT2D eigenvalue weighted by molar-refractivity contribution is 8.01. The van der Waals surface area contributed by atoms with Crippen molar-refractivity contribution in [2.75, 3.05) is 16.7 Å². The molecule has 3 nitrogen and oxygen atoms in total. The first-order valence-corrected chi connectivity index (χ1v) is 10.5. The number of rotatable bonds is 3. The van der Waals surface area contributed by atoms with E-state index in [1.54, 1.807) is 23.9 Å². The highest BCUT2D eigenvalue weighted by Gasteiger charge is 2.40. The van der Waals surface area contributed by atoms with Crippen LogP contribution in [0.15, 0.2) is 52.3 Å². The van der Waals surface area contributed by atoms with Gasteiger partial charge in [-0.15, -0.1) is 23.4 Å². The molecule has 0 N–H and O–H groups in total. The molecule has 1 aliphatic rings. The Morgan fingerprint density at radius 2 is 1.75 bits per heavy atom. The lowest BCUT2D eigenvalue weighted by Gasteiger charge is -2.40. The van der Waals surface area contributed by atoms with E-state index >= 15 is 0 Å². The molecule has 0 spiro atoms. The quantitative estimate of drug-likeness (QED) is 0.729. The van der Waals surface area contributed by atoms with Crippen LogP contribution in [0.1, 0.15) is 18.1 Å². The number of benzene rings is 2. The summed E-state index contributed by atoms with van der Waals surface area (Å²) in [5.74, 6) is 0.380. The van der Waals surface area contributed by atoms with Crippen LogP contribution in [0.4, 0.5) is 5.69 Å². The van der Waals surface area contributed by atoms with E-state index in [1.807, 2.05) is 51.1 Å². The van der Waals surface area contributed by atoms with Crippen molar-refractivity contribution in [2.24, 2.45) is 0 Å². The Balaban J connectivity index is 2.14. The maximum atomic E-state index is 13.2. The summed E-state index contributed by atoms with van der Waals surface area (Å²) >= 11 is 7.82. The smallest absolute Gasteiger partial charge is 0.264 e. The summed E-state index contributed by atoms with van der Waals surface area (Å²) < 4.78 is 27.6. The van der Waals surface area contributed by atoms with Crippen LogP contribution >= 0.6 is 23.4 Å². The van der Waals surface area contributed by atoms with Gasteiger partial charge >= 0.3 is 0 Å². The summed E-state index contributed by atoms with van der Waals surface area (Å²) in [4.78, 5) is 1.27. The van der Waals surface area contributed by atoms with E-state index in [0.717, 1.165) is 21.7 Å². The number of thioether (sulfide) groups is 1. The minimum Gasteiger partial charge on any atom is -0.264 e. The van der Waals surface area contributed by atoms with Crippen molar-refractivity contribution in [3.63, 3.8) is 0 Å². The average molecular weight is 382 g/mol. The number of aryl methyl sites for hydroxylation is 2. The van der Waals surface area contributed by atoms with E-state index in [0.29, 0.717) is 17.3 Å².